The van der Waals surface area contributed by atoms with Crippen LogP contribution in [-0.4, -0.2) is 37.9 Å². The van der Waals surface area contributed by atoms with Crippen molar-refractivity contribution in [2.24, 2.45) is 5.14 Å². The van der Waals surface area contributed by atoms with E-state index in [0.717, 1.165) is 0 Å². The lowest BCUT2D eigenvalue weighted by molar-refractivity contribution is 0.0817. The summed E-state index contributed by atoms with van der Waals surface area (Å²) in [5.41, 5.74) is 0.316. The fourth-order valence-electron chi connectivity index (χ4n) is 1.31. The molecule has 1 rings (SSSR count). The van der Waals surface area contributed by atoms with Crippen molar-refractivity contribution in [3.63, 3.8) is 0 Å². The number of rotatable bonds is 3. The van der Waals surface area contributed by atoms with E-state index in [9.17, 15) is 13.2 Å². The van der Waals surface area contributed by atoms with Crippen molar-refractivity contribution in [2.75, 3.05) is 14.1 Å². The number of nitrogens with zero attached hydrogens (tertiary/aromatic N) is 2. The van der Waals surface area contributed by atoms with E-state index in [4.69, 9.17) is 5.14 Å². The molecular weight excluding hydrogens is 230 g/mol. The van der Waals surface area contributed by atoms with Gasteiger partial charge in [0, 0.05) is 26.8 Å². The minimum Gasteiger partial charge on any atom is -0.343 e. The van der Waals surface area contributed by atoms with Crippen LogP contribution < -0.4 is 5.14 Å². The Balaban J connectivity index is 3.30. The molecule has 0 radical (unpaired) electrons. The second kappa shape index (κ2) is 4.26. The molecule has 0 saturated carbocycles. The van der Waals surface area contributed by atoms with Crippen molar-refractivity contribution in [1.29, 1.82) is 0 Å². The summed E-state index contributed by atoms with van der Waals surface area (Å²) in [4.78, 5) is 13.1. The zero-order valence-corrected chi connectivity index (χ0v) is 10.3. The summed E-state index contributed by atoms with van der Waals surface area (Å²) < 4.78 is 23.9. The quantitative estimate of drug-likeness (QED) is 0.804. The van der Waals surface area contributed by atoms with Gasteiger partial charge < -0.3 is 9.47 Å². The fourth-order valence-corrected chi connectivity index (χ4v) is 1.86. The number of amides is 1. The van der Waals surface area contributed by atoms with E-state index in [1.807, 2.05) is 6.92 Å². The Kier molecular flexibility index (Phi) is 3.39. The number of aryl methyl sites for hydroxylation is 1. The van der Waals surface area contributed by atoms with E-state index in [1.165, 1.54) is 17.2 Å². The highest BCUT2D eigenvalue weighted by molar-refractivity contribution is 7.89. The van der Waals surface area contributed by atoms with Gasteiger partial charge in [0.2, 0.25) is 10.0 Å². The molecule has 0 spiro atoms. The fraction of sp³-hybridized carbons (Fsp3) is 0.444. The van der Waals surface area contributed by atoms with Gasteiger partial charge >= 0.3 is 0 Å². The number of nitrogens with two attached hydrogens (primary N) is 1. The van der Waals surface area contributed by atoms with Crippen molar-refractivity contribution in [3.8, 4) is 0 Å². The number of carbonyl (C=O) groups excluding carboxylic acids is 1. The molecule has 2 N–H and O–H groups in total. The van der Waals surface area contributed by atoms with E-state index in [-0.39, 0.29) is 10.8 Å². The molecule has 0 saturated heterocycles. The van der Waals surface area contributed by atoms with Crippen molar-refractivity contribution < 1.29 is 13.2 Å². The van der Waals surface area contributed by atoms with Gasteiger partial charge in [-0.2, -0.15) is 0 Å². The Morgan fingerprint density at radius 1 is 1.50 bits per heavy atom. The van der Waals surface area contributed by atoms with Crippen LogP contribution in [0.25, 0.3) is 0 Å². The van der Waals surface area contributed by atoms with Crippen molar-refractivity contribution >= 4 is 15.9 Å². The maximum Gasteiger partial charge on any atom is 0.270 e. The van der Waals surface area contributed by atoms with Crippen molar-refractivity contribution in [1.82, 2.24) is 9.47 Å². The van der Waals surface area contributed by atoms with E-state index >= 15 is 0 Å². The largest absolute Gasteiger partial charge is 0.343 e. The molecule has 0 fully saturated rings. The molecule has 0 aliphatic heterocycles. The number of hydrogen-bond acceptors (Lipinski definition) is 3. The van der Waals surface area contributed by atoms with Crippen LogP contribution in [0.15, 0.2) is 17.2 Å². The summed E-state index contributed by atoms with van der Waals surface area (Å²) in [6, 6.07) is 1.29. The monoisotopic (exact) mass is 245 g/mol. The molecule has 1 heterocycles. The summed E-state index contributed by atoms with van der Waals surface area (Å²) in [6.45, 7) is 2.32. The third-order valence-corrected chi connectivity index (χ3v) is 3.05. The number of carbonyl (C=O) groups is 1. The minimum atomic E-state index is -3.77. The lowest BCUT2D eigenvalue weighted by atomic mass is 10.4. The standard InChI is InChI=1S/C9H15N3O3S/c1-4-12-6-7(16(10,14)15)5-8(12)9(13)11(2)3/h5-6H,4H2,1-3H3,(H2,10,14,15). The normalized spacial score (nSPS) is 11.5. The molecule has 0 atom stereocenters. The van der Waals surface area contributed by atoms with Gasteiger partial charge in [0.05, 0.1) is 0 Å². The number of primary sulfonamides is 1. The van der Waals surface area contributed by atoms with Gasteiger partial charge in [0.15, 0.2) is 0 Å². The first-order valence-electron chi connectivity index (χ1n) is 4.72. The molecule has 1 aromatic heterocycles. The van der Waals surface area contributed by atoms with Gasteiger partial charge in [0.25, 0.3) is 5.91 Å². The zero-order chi connectivity index (χ0) is 12.5. The molecule has 90 valence electrons. The molecule has 0 aliphatic rings. The molecule has 7 heteroatoms. The van der Waals surface area contributed by atoms with Crippen LogP contribution in [0.3, 0.4) is 0 Å². The van der Waals surface area contributed by atoms with Crippen molar-refractivity contribution in [3.05, 3.63) is 18.0 Å². The lowest BCUT2D eigenvalue weighted by Gasteiger charge is -2.11. The molecule has 16 heavy (non-hydrogen) atoms. The minimum absolute atomic E-state index is 0.0421. The van der Waals surface area contributed by atoms with E-state index in [0.29, 0.717) is 12.2 Å². The average molecular weight is 245 g/mol. The molecule has 0 bridgehead atoms. The SMILES string of the molecule is CCn1cc(S(N)(=O)=O)cc1C(=O)N(C)C. The van der Waals surface area contributed by atoms with Gasteiger partial charge in [-0.15, -0.1) is 0 Å². The maximum atomic E-state index is 11.7. The highest BCUT2D eigenvalue weighted by atomic mass is 32.2. The Morgan fingerprint density at radius 3 is 2.44 bits per heavy atom. The third-order valence-electron chi connectivity index (χ3n) is 2.17. The zero-order valence-electron chi connectivity index (χ0n) is 9.47. The molecule has 1 aromatic rings. The van der Waals surface area contributed by atoms with Crippen LogP contribution in [-0.2, 0) is 16.6 Å². The Labute approximate surface area is 94.7 Å². The van der Waals surface area contributed by atoms with Crippen molar-refractivity contribution in [2.45, 2.75) is 18.4 Å². The Bertz CT molecular complexity index is 502. The molecule has 0 aromatic carbocycles. The number of sulfonamides is 1. The smallest absolute Gasteiger partial charge is 0.270 e. The second-order valence-corrected chi connectivity index (χ2v) is 5.15. The topological polar surface area (TPSA) is 85.4 Å². The number of hydrogen-bond donors (Lipinski definition) is 1. The van der Waals surface area contributed by atoms with Crippen LogP contribution >= 0.6 is 0 Å². The van der Waals surface area contributed by atoms with Gasteiger partial charge in [0.1, 0.15) is 10.6 Å². The summed E-state index contributed by atoms with van der Waals surface area (Å²) in [6.07, 6.45) is 1.37. The summed E-state index contributed by atoms with van der Waals surface area (Å²) in [5.74, 6) is -0.253. The molecule has 0 unspecified atom stereocenters. The first-order valence-corrected chi connectivity index (χ1v) is 6.26. The summed E-state index contributed by atoms with van der Waals surface area (Å²) in [7, 11) is -0.559. The summed E-state index contributed by atoms with van der Waals surface area (Å²) >= 11 is 0. The maximum absolute atomic E-state index is 11.7. The second-order valence-electron chi connectivity index (χ2n) is 3.59. The van der Waals surface area contributed by atoms with E-state index < -0.39 is 10.0 Å². The van der Waals surface area contributed by atoms with Gasteiger partial charge in [-0.1, -0.05) is 0 Å². The molecule has 0 aliphatic carbocycles. The summed E-state index contributed by atoms with van der Waals surface area (Å²) in [5, 5.41) is 5.00. The van der Waals surface area contributed by atoms with Gasteiger partial charge in [-0.05, 0) is 13.0 Å². The first-order chi connectivity index (χ1) is 7.27. The van der Waals surface area contributed by atoms with Gasteiger partial charge in [-0.25, -0.2) is 13.6 Å². The van der Waals surface area contributed by atoms with Crippen LogP contribution in [0, 0.1) is 0 Å². The van der Waals surface area contributed by atoms with Crippen LogP contribution in [0.5, 0.6) is 0 Å². The molecule has 1 amide bonds. The highest BCUT2D eigenvalue weighted by Crippen LogP contribution is 2.14. The van der Waals surface area contributed by atoms with E-state index in [2.05, 4.69) is 0 Å². The lowest BCUT2D eigenvalue weighted by Crippen LogP contribution is -2.24. The Morgan fingerprint density at radius 2 is 2.06 bits per heavy atom. The van der Waals surface area contributed by atoms with E-state index in [1.54, 1.807) is 18.7 Å². The predicted molar refractivity (Wildman–Crippen MR) is 59.5 cm³/mol. The predicted octanol–water partition coefficient (Wildman–Crippen LogP) is -0.143. The van der Waals surface area contributed by atoms with Gasteiger partial charge in [-0.3, -0.25) is 4.79 Å². The third kappa shape index (κ3) is 2.42. The van der Waals surface area contributed by atoms with Crippen LogP contribution in [0.1, 0.15) is 17.4 Å². The van der Waals surface area contributed by atoms with Crippen LogP contribution in [0.4, 0.5) is 0 Å². The highest BCUT2D eigenvalue weighted by Gasteiger charge is 2.19. The first kappa shape index (κ1) is 12.7. The number of aromatic nitrogens is 1. The molecule has 6 nitrogen and oxygen atoms in total. The Hall–Kier alpha value is -1.34. The average Bonchev–Trinajstić information content (AvgIpc) is 2.59. The van der Waals surface area contributed by atoms with Crippen LogP contribution in [0.2, 0.25) is 0 Å². The molecular formula is C9H15N3O3S.